The molecule has 6 heteroatoms. The van der Waals surface area contributed by atoms with Crippen LogP contribution in [0.25, 0.3) is 0 Å². The Hall–Kier alpha value is -2.11. The summed E-state index contributed by atoms with van der Waals surface area (Å²) >= 11 is 6.24. The molecular formula is C17H20ClN3O2. The molecule has 1 aliphatic rings. The van der Waals surface area contributed by atoms with Gasteiger partial charge in [-0.2, -0.15) is 0 Å². The molecule has 2 rings (SSSR count). The third-order valence-electron chi connectivity index (χ3n) is 3.17. The number of hydrogen-bond donors (Lipinski definition) is 1. The number of carbonyl (C=O) groups is 1. The molecule has 0 unspecified atom stereocenters. The first kappa shape index (κ1) is 17.2. The molecule has 0 bridgehead atoms. The van der Waals surface area contributed by atoms with Crippen molar-refractivity contribution in [1.29, 1.82) is 0 Å². The summed E-state index contributed by atoms with van der Waals surface area (Å²) in [6.07, 6.45) is 5.58. The number of carbonyl (C=O) groups excluding carboxylic acids is 1. The van der Waals surface area contributed by atoms with E-state index in [1.807, 2.05) is 24.3 Å². The fourth-order valence-corrected chi connectivity index (χ4v) is 2.24. The van der Waals surface area contributed by atoms with E-state index in [2.05, 4.69) is 17.2 Å². The minimum Gasteiger partial charge on any atom is -0.364 e. The van der Waals surface area contributed by atoms with Crippen LogP contribution < -0.4 is 5.32 Å². The molecule has 1 N–H and O–H groups in total. The first-order valence-corrected chi connectivity index (χ1v) is 7.82. The Morgan fingerprint density at radius 2 is 2.13 bits per heavy atom. The van der Waals surface area contributed by atoms with Gasteiger partial charge in [-0.15, -0.1) is 0 Å². The van der Waals surface area contributed by atoms with Crippen molar-refractivity contribution in [3.63, 3.8) is 0 Å². The molecule has 1 aliphatic heterocycles. The standard InChI is InChI=1S/C17H20ClN3O2/c1-3-4-10-15-19-16(14(18)11-21(15)12-23-2)20-17(22)13-8-6-5-7-9-13/h5-11H,3-4,12H2,1-2H3,(H,19,20,22). The minimum absolute atomic E-state index is 0.245. The predicted molar refractivity (Wildman–Crippen MR) is 92.0 cm³/mol. The zero-order valence-electron chi connectivity index (χ0n) is 13.3. The third-order valence-corrected chi connectivity index (χ3v) is 3.44. The summed E-state index contributed by atoms with van der Waals surface area (Å²) in [7, 11) is 1.61. The number of nitrogens with one attached hydrogen (secondary N) is 1. The maximum absolute atomic E-state index is 12.3. The quantitative estimate of drug-likeness (QED) is 0.897. The molecule has 1 aromatic carbocycles. The van der Waals surface area contributed by atoms with Crippen LogP contribution in [-0.2, 0) is 4.74 Å². The van der Waals surface area contributed by atoms with E-state index < -0.39 is 0 Å². The fourth-order valence-electron chi connectivity index (χ4n) is 2.03. The molecule has 0 fully saturated rings. The van der Waals surface area contributed by atoms with E-state index in [1.54, 1.807) is 30.3 Å². The normalized spacial score (nSPS) is 16.1. The smallest absolute Gasteiger partial charge is 0.256 e. The SMILES string of the molecule is CCCC=C1N=C(NC(=O)c2ccccc2)C(Cl)=CN1COC. The van der Waals surface area contributed by atoms with E-state index in [1.165, 1.54) is 0 Å². The molecule has 0 saturated carbocycles. The number of methoxy groups -OCH3 is 1. The maximum Gasteiger partial charge on any atom is 0.256 e. The molecule has 0 aliphatic carbocycles. The highest BCUT2D eigenvalue weighted by molar-refractivity contribution is 6.44. The Morgan fingerprint density at radius 3 is 2.78 bits per heavy atom. The van der Waals surface area contributed by atoms with Crippen LogP contribution >= 0.6 is 11.6 Å². The van der Waals surface area contributed by atoms with Crippen molar-refractivity contribution in [1.82, 2.24) is 10.2 Å². The highest BCUT2D eigenvalue weighted by atomic mass is 35.5. The van der Waals surface area contributed by atoms with Gasteiger partial charge in [0.1, 0.15) is 12.6 Å². The molecule has 0 aromatic heterocycles. The van der Waals surface area contributed by atoms with Crippen LogP contribution in [0.4, 0.5) is 0 Å². The number of amides is 1. The van der Waals surface area contributed by atoms with Crippen molar-refractivity contribution in [2.24, 2.45) is 4.99 Å². The molecule has 1 aromatic rings. The van der Waals surface area contributed by atoms with Gasteiger partial charge in [-0.1, -0.05) is 43.1 Å². The first-order valence-electron chi connectivity index (χ1n) is 7.44. The zero-order chi connectivity index (χ0) is 16.7. The number of amidine groups is 1. The van der Waals surface area contributed by atoms with Gasteiger partial charge in [0.25, 0.3) is 5.91 Å². The number of nitrogens with zero attached hydrogens (tertiary/aromatic N) is 2. The number of aliphatic imine (C=N–C) groups is 1. The van der Waals surface area contributed by atoms with Crippen molar-refractivity contribution in [2.75, 3.05) is 13.8 Å². The number of hydrogen-bond acceptors (Lipinski definition) is 4. The molecule has 0 saturated heterocycles. The highest BCUT2D eigenvalue weighted by Crippen LogP contribution is 2.20. The van der Waals surface area contributed by atoms with Crippen molar-refractivity contribution in [2.45, 2.75) is 19.8 Å². The summed E-state index contributed by atoms with van der Waals surface area (Å²) in [5, 5.41) is 3.12. The lowest BCUT2D eigenvalue weighted by Crippen LogP contribution is -2.35. The van der Waals surface area contributed by atoms with Gasteiger partial charge in [0.15, 0.2) is 5.84 Å². The van der Waals surface area contributed by atoms with Crippen LogP contribution in [0.3, 0.4) is 0 Å². The first-order chi connectivity index (χ1) is 11.2. The molecule has 1 amide bonds. The summed E-state index contributed by atoms with van der Waals surface area (Å²) in [5.74, 6) is 0.808. The molecule has 122 valence electrons. The van der Waals surface area contributed by atoms with Gasteiger partial charge < -0.3 is 15.0 Å². The lowest BCUT2D eigenvalue weighted by molar-refractivity contribution is 0.0976. The van der Waals surface area contributed by atoms with Crippen LogP contribution in [0.5, 0.6) is 0 Å². The van der Waals surface area contributed by atoms with Crippen LogP contribution in [0, 0.1) is 0 Å². The third kappa shape index (κ3) is 4.68. The van der Waals surface area contributed by atoms with Gasteiger partial charge >= 0.3 is 0 Å². The van der Waals surface area contributed by atoms with E-state index in [-0.39, 0.29) is 5.91 Å². The molecule has 5 nitrogen and oxygen atoms in total. The summed E-state index contributed by atoms with van der Waals surface area (Å²) < 4.78 is 5.15. The van der Waals surface area contributed by atoms with Gasteiger partial charge in [0.2, 0.25) is 0 Å². The average molecular weight is 334 g/mol. The van der Waals surface area contributed by atoms with Gasteiger partial charge in [-0.05, 0) is 24.6 Å². The Labute approximate surface area is 141 Å². The highest BCUT2D eigenvalue weighted by Gasteiger charge is 2.19. The topological polar surface area (TPSA) is 53.9 Å². The number of rotatable bonds is 5. The Kier molecular flexibility index (Phi) is 6.38. The monoisotopic (exact) mass is 333 g/mol. The summed E-state index contributed by atoms with van der Waals surface area (Å²) in [6.45, 7) is 2.43. The van der Waals surface area contributed by atoms with Crippen molar-refractivity contribution < 1.29 is 9.53 Å². The molecular weight excluding hydrogens is 314 g/mol. The molecule has 0 radical (unpaired) electrons. The van der Waals surface area contributed by atoms with E-state index in [9.17, 15) is 4.79 Å². The zero-order valence-corrected chi connectivity index (χ0v) is 14.0. The second-order valence-corrected chi connectivity index (χ2v) is 5.40. The minimum atomic E-state index is -0.245. The van der Waals surface area contributed by atoms with Crippen molar-refractivity contribution in [3.05, 3.63) is 59.0 Å². The lowest BCUT2D eigenvalue weighted by Gasteiger charge is -2.25. The van der Waals surface area contributed by atoms with Crippen LogP contribution in [0.2, 0.25) is 0 Å². The maximum atomic E-state index is 12.3. The number of unbranched alkanes of at least 4 members (excludes halogenated alkanes) is 1. The fraction of sp³-hybridized carbons (Fsp3) is 0.294. The Morgan fingerprint density at radius 1 is 1.39 bits per heavy atom. The van der Waals surface area contributed by atoms with Gasteiger partial charge in [-0.3, -0.25) is 4.79 Å². The predicted octanol–water partition coefficient (Wildman–Crippen LogP) is 3.46. The largest absolute Gasteiger partial charge is 0.364 e. The second-order valence-electron chi connectivity index (χ2n) is 5.00. The average Bonchev–Trinajstić information content (AvgIpc) is 2.57. The van der Waals surface area contributed by atoms with Gasteiger partial charge in [-0.25, -0.2) is 4.99 Å². The number of ether oxygens (including phenoxy) is 1. The molecule has 0 spiro atoms. The summed E-state index contributed by atoms with van der Waals surface area (Å²) in [5.41, 5.74) is 0.554. The van der Waals surface area contributed by atoms with Crippen molar-refractivity contribution in [3.8, 4) is 0 Å². The number of benzene rings is 1. The lowest BCUT2D eigenvalue weighted by atomic mass is 10.2. The molecule has 0 atom stereocenters. The van der Waals surface area contributed by atoms with E-state index in [0.29, 0.717) is 29.0 Å². The van der Waals surface area contributed by atoms with E-state index in [4.69, 9.17) is 16.3 Å². The van der Waals surface area contributed by atoms with Gasteiger partial charge in [0, 0.05) is 18.9 Å². The Bertz CT molecular complexity index is 638. The number of allylic oxidation sites excluding steroid dienone is 1. The van der Waals surface area contributed by atoms with E-state index in [0.717, 1.165) is 12.8 Å². The summed E-state index contributed by atoms with van der Waals surface area (Å²) in [4.78, 5) is 18.5. The van der Waals surface area contributed by atoms with Crippen LogP contribution in [-0.4, -0.2) is 30.5 Å². The van der Waals surface area contributed by atoms with Crippen molar-refractivity contribution >= 4 is 23.3 Å². The molecule has 23 heavy (non-hydrogen) atoms. The summed E-state index contributed by atoms with van der Waals surface area (Å²) in [6, 6.07) is 8.95. The van der Waals surface area contributed by atoms with Crippen LogP contribution in [0.1, 0.15) is 30.1 Å². The number of halogens is 1. The van der Waals surface area contributed by atoms with E-state index >= 15 is 0 Å². The Balaban J connectivity index is 2.20. The van der Waals surface area contributed by atoms with Gasteiger partial charge in [0.05, 0.1) is 5.03 Å². The molecule has 1 heterocycles. The second kappa shape index (κ2) is 8.50. The van der Waals surface area contributed by atoms with Crippen LogP contribution in [0.15, 0.2) is 58.5 Å².